The molecule has 2 nitrogen and oxygen atoms in total. The fraction of sp³-hybridized carbons (Fsp3) is 0.300. The van der Waals surface area contributed by atoms with E-state index in [1.807, 2.05) is 13.0 Å². The maximum atomic E-state index is 5.89. The zero-order chi connectivity index (χ0) is 9.68. The molecule has 0 spiro atoms. The SMILES string of the molecule is CC#CCC(N)c1cncc(Br)c1. The highest BCUT2D eigenvalue weighted by Crippen LogP contribution is 2.16. The van der Waals surface area contributed by atoms with Gasteiger partial charge in [-0.25, -0.2) is 0 Å². The molecule has 13 heavy (non-hydrogen) atoms. The van der Waals surface area contributed by atoms with Crippen LogP contribution in [0.15, 0.2) is 22.9 Å². The highest BCUT2D eigenvalue weighted by atomic mass is 79.9. The Labute approximate surface area is 86.7 Å². The van der Waals surface area contributed by atoms with Gasteiger partial charge in [0.25, 0.3) is 0 Å². The van der Waals surface area contributed by atoms with Crippen molar-refractivity contribution in [3.8, 4) is 11.8 Å². The Balaban J connectivity index is 2.74. The van der Waals surface area contributed by atoms with Gasteiger partial charge in [0.15, 0.2) is 0 Å². The van der Waals surface area contributed by atoms with Crippen LogP contribution in [0.2, 0.25) is 0 Å². The van der Waals surface area contributed by atoms with Gasteiger partial charge in [-0.3, -0.25) is 4.98 Å². The normalized spacial score (nSPS) is 11.6. The van der Waals surface area contributed by atoms with E-state index in [0.717, 1.165) is 10.0 Å². The van der Waals surface area contributed by atoms with E-state index in [0.29, 0.717) is 6.42 Å². The Kier molecular flexibility index (Phi) is 3.94. The number of rotatable bonds is 2. The van der Waals surface area contributed by atoms with Crippen LogP contribution in [0.1, 0.15) is 24.9 Å². The van der Waals surface area contributed by atoms with Gasteiger partial charge in [-0.2, -0.15) is 0 Å². The fourth-order valence-corrected chi connectivity index (χ4v) is 1.34. The molecule has 1 rings (SSSR count). The van der Waals surface area contributed by atoms with Crippen molar-refractivity contribution in [3.63, 3.8) is 0 Å². The molecule has 0 saturated carbocycles. The molecule has 3 heteroatoms. The molecule has 0 bridgehead atoms. The number of aromatic nitrogens is 1. The zero-order valence-electron chi connectivity index (χ0n) is 7.42. The third-order valence-corrected chi connectivity index (χ3v) is 2.09. The van der Waals surface area contributed by atoms with Crippen LogP contribution in [0.3, 0.4) is 0 Å². The number of pyridine rings is 1. The van der Waals surface area contributed by atoms with E-state index in [1.54, 1.807) is 12.4 Å². The number of halogens is 1. The lowest BCUT2D eigenvalue weighted by Crippen LogP contribution is -2.09. The van der Waals surface area contributed by atoms with Crippen LogP contribution in [0.25, 0.3) is 0 Å². The van der Waals surface area contributed by atoms with Gasteiger partial charge < -0.3 is 5.73 Å². The summed E-state index contributed by atoms with van der Waals surface area (Å²) in [5, 5.41) is 0. The Morgan fingerprint density at radius 2 is 2.38 bits per heavy atom. The molecule has 0 radical (unpaired) electrons. The van der Waals surface area contributed by atoms with Crippen molar-refractivity contribution in [3.05, 3.63) is 28.5 Å². The molecule has 1 aromatic heterocycles. The maximum absolute atomic E-state index is 5.89. The average molecular weight is 239 g/mol. The van der Waals surface area contributed by atoms with Gasteiger partial charge in [-0.15, -0.1) is 11.8 Å². The molecule has 1 aromatic rings. The first kappa shape index (κ1) is 10.2. The summed E-state index contributed by atoms with van der Waals surface area (Å²) in [6.07, 6.45) is 4.18. The smallest absolute Gasteiger partial charge is 0.0421 e. The second-order valence-corrected chi connectivity index (χ2v) is 3.59. The van der Waals surface area contributed by atoms with Crippen LogP contribution in [0.4, 0.5) is 0 Å². The standard InChI is InChI=1S/C10H11BrN2/c1-2-3-4-10(12)8-5-9(11)7-13-6-8/h5-7,10H,4,12H2,1H3. The molecule has 1 heterocycles. The molecule has 0 aliphatic carbocycles. The summed E-state index contributed by atoms with van der Waals surface area (Å²) < 4.78 is 0.949. The first-order valence-corrected chi connectivity index (χ1v) is 4.79. The van der Waals surface area contributed by atoms with Crippen molar-refractivity contribution in [1.82, 2.24) is 4.98 Å². The maximum Gasteiger partial charge on any atom is 0.0421 e. The zero-order valence-corrected chi connectivity index (χ0v) is 9.01. The van der Waals surface area contributed by atoms with Gasteiger partial charge in [0.05, 0.1) is 0 Å². The lowest BCUT2D eigenvalue weighted by Gasteiger charge is -2.07. The van der Waals surface area contributed by atoms with E-state index in [-0.39, 0.29) is 6.04 Å². The van der Waals surface area contributed by atoms with Crippen molar-refractivity contribution in [2.24, 2.45) is 5.73 Å². The molecule has 1 unspecified atom stereocenters. The number of nitrogens with zero attached hydrogens (tertiary/aromatic N) is 1. The molecule has 0 saturated heterocycles. The van der Waals surface area contributed by atoms with E-state index in [4.69, 9.17) is 5.73 Å². The van der Waals surface area contributed by atoms with Crippen molar-refractivity contribution in [2.75, 3.05) is 0 Å². The molecule has 0 aliphatic rings. The van der Waals surface area contributed by atoms with Gasteiger partial charge in [0.2, 0.25) is 0 Å². The molecule has 0 fully saturated rings. The third-order valence-electron chi connectivity index (χ3n) is 1.65. The highest BCUT2D eigenvalue weighted by molar-refractivity contribution is 9.10. The first-order valence-electron chi connectivity index (χ1n) is 3.99. The van der Waals surface area contributed by atoms with Crippen molar-refractivity contribution in [1.29, 1.82) is 0 Å². The quantitative estimate of drug-likeness (QED) is 0.804. The predicted molar refractivity (Wildman–Crippen MR) is 56.9 cm³/mol. The molecular weight excluding hydrogens is 228 g/mol. The van der Waals surface area contributed by atoms with Gasteiger partial charge in [0.1, 0.15) is 0 Å². The topological polar surface area (TPSA) is 38.9 Å². The summed E-state index contributed by atoms with van der Waals surface area (Å²) >= 11 is 3.34. The predicted octanol–water partition coefficient (Wildman–Crippen LogP) is 2.26. The van der Waals surface area contributed by atoms with Gasteiger partial charge in [-0.1, -0.05) is 0 Å². The minimum atomic E-state index is -0.0440. The molecule has 0 aromatic carbocycles. The Hall–Kier alpha value is -0.850. The van der Waals surface area contributed by atoms with Gasteiger partial charge in [0, 0.05) is 29.3 Å². The highest BCUT2D eigenvalue weighted by Gasteiger charge is 2.04. The lowest BCUT2D eigenvalue weighted by atomic mass is 10.1. The Morgan fingerprint density at radius 3 is 3.00 bits per heavy atom. The van der Waals surface area contributed by atoms with Crippen LogP contribution in [-0.4, -0.2) is 4.98 Å². The minimum absolute atomic E-state index is 0.0440. The van der Waals surface area contributed by atoms with Gasteiger partial charge in [-0.05, 0) is 34.5 Å². The van der Waals surface area contributed by atoms with Gasteiger partial charge >= 0.3 is 0 Å². The summed E-state index contributed by atoms with van der Waals surface area (Å²) in [7, 11) is 0. The van der Waals surface area contributed by atoms with E-state index in [9.17, 15) is 0 Å². The summed E-state index contributed by atoms with van der Waals surface area (Å²) in [6.45, 7) is 1.81. The lowest BCUT2D eigenvalue weighted by molar-refractivity contribution is 0.748. The number of nitrogens with two attached hydrogens (primary N) is 1. The molecule has 2 N–H and O–H groups in total. The van der Waals surface area contributed by atoms with E-state index < -0.39 is 0 Å². The summed E-state index contributed by atoms with van der Waals surface area (Å²) in [4.78, 5) is 4.04. The molecule has 1 atom stereocenters. The summed E-state index contributed by atoms with van der Waals surface area (Å²) in [6, 6.07) is 1.92. The molecule has 0 aliphatic heterocycles. The van der Waals surface area contributed by atoms with Crippen molar-refractivity contribution < 1.29 is 0 Å². The number of hydrogen-bond acceptors (Lipinski definition) is 2. The summed E-state index contributed by atoms with van der Waals surface area (Å²) in [5.74, 6) is 5.77. The van der Waals surface area contributed by atoms with Crippen LogP contribution in [0, 0.1) is 11.8 Å². The van der Waals surface area contributed by atoms with E-state index in [1.165, 1.54) is 0 Å². The van der Waals surface area contributed by atoms with Crippen LogP contribution >= 0.6 is 15.9 Å². The fourth-order valence-electron chi connectivity index (χ4n) is 0.961. The molecular formula is C10H11BrN2. The second kappa shape index (κ2) is 5.00. The summed E-state index contributed by atoms with van der Waals surface area (Å²) in [5.41, 5.74) is 6.90. The Bertz CT molecular complexity index is 338. The largest absolute Gasteiger partial charge is 0.323 e. The van der Waals surface area contributed by atoms with Crippen LogP contribution in [0.5, 0.6) is 0 Å². The monoisotopic (exact) mass is 238 g/mol. The third kappa shape index (κ3) is 3.17. The first-order chi connectivity index (χ1) is 6.24. The molecule has 0 amide bonds. The van der Waals surface area contributed by atoms with E-state index in [2.05, 4.69) is 32.8 Å². The van der Waals surface area contributed by atoms with E-state index >= 15 is 0 Å². The average Bonchev–Trinajstić information content (AvgIpc) is 2.14. The Morgan fingerprint density at radius 1 is 1.62 bits per heavy atom. The number of hydrogen-bond donors (Lipinski definition) is 1. The van der Waals surface area contributed by atoms with Crippen LogP contribution in [-0.2, 0) is 0 Å². The minimum Gasteiger partial charge on any atom is -0.323 e. The van der Waals surface area contributed by atoms with Crippen molar-refractivity contribution >= 4 is 15.9 Å². The second-order valence-electron chi connectivity index (χ2n) is 2.67. The van der Waals surface area contributed by atoms with Crippen LogP contribution < -0.4 is 5.73 Å². The van der Waals surface area contributed by atoms with Crippen molar-refractivity contribution in [2.45, 2.75) is 19.4 Å². The molecule has 68 valence electrons.